The van der Waals surface area contributed by atoms with Crippen LogP contribution in [0.4, 0.5) is 0 Å². The van der Waals surface area contributed by atoms with Gasteiger partial charge in [-0.1, -0.05) is 37.6 Å². The number of rotatable bonds is 6. The van der Waals surface area contributed by atoms with Gasteiger partial charge in [0.1, 0.15) is 6.61 Å². The van der Waals surface area contributed by atoms with Gasteiger partial charge < -0.3 is 4.74 Å². The summed E-state index contributed by atoms with van der Waals surface area (Å²) in [6.07, 6.45) is 7.46. The summed E-state index contributed by atoms with van der Waals surface area (Å²) >= 11 is 0. The molecule has 0 heterocycles. The Kier molecular flexibility index (Phi) is 6.20. The van der Waals surface area contributed by atoms with Crippen LogP contribution in [-0.4, -0.2) is 12.6 Å². The topological polar surface area (TPSA) is 26.3 Å². The van der Waals surface area contributed by atoms with Crippen LogP contribution in [0.2, 0.25) is 0 Å². The Bertz CT molecular complexity index is 419. The average molecular weight is 246 g/mol. The lowest BCUT2D eigenvalue weighted by Crippen LogP contribution is -1.98. The normalized spacial score (nSPS) is 10.8. The molecule has 2 heteroatoms. The summed E-state index contributed by atoms with van der Waals surface area (Å²) < 4.78 is 4.90. The predicted octanol–water partition coefficient (Wildman–Crippen LogP) is 3.91. The van der Waals surface area contributed by atoms with Crippen LogP contribution in [-0.2, 0) is 16.0 Å². The highest BCUT2D eigenvalue weighted by Gasteiger charge is 2.02. The van der Waals surface area contributed by atoms with Gasteiger partial charge in [0.15, 0.2) is 0 Å². The Hall–Kier alpha value is -1.57. The fourth-order valence-corrected chi connectivity index (χ4v) is 1.90. The Morgan fingerprint density at radius 1 is 1.39 bits per heavy atom. The monoisotopic (exact) mass is 246 g/mol. The third-order valence-electron chi connectivity index (χ3n) is 2.88. The molecule has 0 aromatic heterocycles. The highest BCUT2D eigenvalue weighted by atomic mass is 16.5. The van der Waals surface area contributed by atoms with Gasteiger partial charge in [0.05, 0.1) is 0 Å². The lowest BCUT2D eigenvalue weighted by atomic mass is 9.97. The van der Waals surface area contributed by atoms with Crippen LogP contribution in [0.25, 0.3) is 6.08 Å². The molecule has 0 atom stereocenters. The van der Waals surface area contributed by atoms with Crippen LogP contribution in [0.1, 0.15) is 43.4 Å². The Morgan fingerprint density at radius 3 is 2.83 bits per heavy atom. The molecule has 1 aromatic rings. The SMILES string of the molecule is CCCCc1cccc(C)c1/C=C/COC(C)=O. The smallest absolute Gasteiger partial charge is 0.302 e. The number of aryl methyl sites for hydroxylation is 2. The first-order chi connectivity index (χ1) is 8.65. The van der Waals surface area contributed by atoms with Crippen molar-refractivity contribution in [1.82, 2.24) is 0 Å². The number of benzene rings is 1. The van der Waals surface area contributed by atoms with E-state index in [1.165, 1.54) is 36.5 Å². The molecule has 0 aliphatic rings. The molecule has 0 aliphatic carbocycles. The molecule has 2 nitrogen and oxygen atoms in total. The molecule has 0 bridgehead atoms. The molecular weight excluding hydrogens is 224 g/mol. The maximum Gasteiger partial charge on any atom is 0.302 e. The second-order valence-electron chi connectivity index (χ2n) is 4.46. The molecule has 0 saturated carbocycles. The number of unbranched alkanes of at least 4 members (excludes halogenated alkanes) is 1. The summed E-state index contributed by atoms with van der Waals surface area (Å²) in [5.74, 6) is -0.240. The van der Waals surface area contributed by atoms with Crippen molar-refractivity contribution in [2.45, 2.75) is 40.0 Å². The van der Waals surface area contributed by atoms with Gasteiger partial charge in [0, 0.05) is 6.92 Å². The zero-order chi connectivity index (χ0) is 13.4. The number of esters is 1. The summed E-state index contributed by atoms with van der Waals surface area (Å²) in [5.41, 5.74) is 3.90. The number of carbonyl (C=O) groups excluding carboxylic acids is 1. The van der Waals surface area contributed by atoms with Gasteiger partial charge in [-0.15, -0.1) is 0 Å². The quantitative estimate of drug-likeness (QED) is 0.711. The van der Waals surface area contributed by atoms with E-state index in [9.17, 15) is 4.79 Å². The molecule has 0 saturated heterocycles. The summed E-state index contributed by atoms with van der Waals surface area (Å²) in [5, 5.41) is 0. The number of hydrogen-bond acceptors (Lipinski definition) is 2. The van der Waals surface area contributed by atoms with Gasteiger partial charge in [0.25, 0.3) is 0 Å². The van der Waals surface area contributed by atoms with Gasteiger partial charge in [-0.2, -0.15) is 0 Å². The third kappa shape index (κ3) is 4.74. The molecule has 0 aliphatic heterocycles. The Morgan fingerprint density at radius 2 is 2.17 bits per heavy atom. The van der Waals surface area contributed by atoms with E-state index in [0.29, 0.717) is 6.61 Å². The molecule has 0 radical (unpaired) electrons. The van der Waals surface area contributed by atoms with Crippen molar-refractivity contribution in [3.63, 3.8) is 0 Å². The minimum Gasteiger partial charge on any atom is -0.462 e. The standard InChI is InChI=1S/C16H22O2/c1-4-5-9-15-10-6-8-13(2)16(15)11-7-12-18-14(3)17/h6-8,10-11H,4-5,9,12H2,1-3H3/b11-7+. The minimum absolute atomic E-state index is 0.240. The first-order valence-electron chi connectivity index (χ1n) is 6.53. The fourth-order valence-electron chi connectivity index (χ4n) is 1.90. The van der Waals surface area contributed by atoms with Gasteiger partial charge in [-0.25, -0.2) is 0 Å². The molecule has 0 fully saturated rings. The van der Waals surface area contributed by atoms with Crippen LogP contribution < -0.4 is 0 Å². The van der Waals surface area contributed by atoms with Crippen molar-refractivity contribution in [3.8, 4) is 0 Å². The van der Waals surface area contributed by atoms with Gasteiger partial charge >= 0.3 is 5.97 Å². The number of ether oxygens (including phenoxy) is 1. The summed E-state index contributed by atoms with van der Waals surface area (Å²) in [6, 6.07) is 6.39. The van der Waals surface area contributed by atoms with Crippen LogP contribution in [0.3, 0.4) is 0 Å². The second kappa shape index (κ2) is 7.70. The van der Waals surface area contributed by atoms with E-state index >= 15 is 0 Å². The highest BCUT2D eigenvalue weighted by Crippen LogP contribution is 2.18. The zero-order valence-electron chi connectivity index (χ0n) is 11.5. The summed E-state index contributed by atoms with van der Waals surface area (Å²) in [6.45, 7) is 6.08. The van der Waals surface area contributed by atoms with Crippen molar-refractivity contribution < 1.29 is 9.53 Å². The van der Waals surface area contributed by atoms with Crippen molar-refractivity contribution in [3.05, 3.63) is 41.0 Å². The predicted molar refractivity (Wildman–Crippen MR) is 75.5 cm³/mol. The van der Waals surface area contributed by atoms with Crippen LogP contribution in [0.5, 0.6) is 0 Å². The van der Waals surface area contributed by atoms with E-state index in [2.05, 4.69) is 38.1 Å². The number of hydrogen-bond donors (Lipinski definition) is 0. The van der Waals surface area contributed by atoms with E-state index in [1.54, 1.807) is 0 Å². The van der Waals surface area contributed by atoms with E-state index in [0.717, 1.165) is 6.42 Å². The van der Waals surface area contributed by atoms with Crippen LogP contribution in [0, 0.1) is 6.92 Å². The first-order valence-corrected chi connectivity index (χ1v) is 6.53. The van der Waals surface area contributed by atoms with Crippen LogP contribution in [0.15, 0.2) is 24.3 Å². The summed E-state index contributed by atoms with van der Waals surface area (Å²) in [7, 11) is 0. The first kappa shape index (κ1) is 14.5. The Balaban J connectivity index is 2.75. The largest absolute Gasteiger partial charge is 0.462 e. The van der Waals surface area contributed by atoms with Crippen molar-refractivity contribution in [2.24, 2.45) is 0 Å². The Labute approximate surface area is 110 Å². The average Bonchev–Trinajstić information content (AvgIpc) is 2.33. The second-order valence-corrected chi connectivity index (χ2v) is 4.46. The maximum absolute atomic E-state index is 10.7. The molecule has 0 spiro atoms. The molecule has 18 heavy (non-hydrogen) atoms. The maximum atomic E-state index is 10.7. The van der Waals surface area contributed by atoms with Crippen molar-refractivity contribution in [2.75, 3.05) is 6.61 Å². The third-order valence-corrected chi connectivity index (χ3v) is 2.88. The van der Waals surface area contributed by atoms with E-state index in [-0.39, 0.29) is 5.97 Å². The molecule has 98 valence electrons. The van der Waals surface area contributed by atoms with E-state index in [4.69, 9.17) is 4.74 Å². The molecular formula is C16H22O2. The van der Waals surface area contributed by atoms with E-state index < -0.39 is 0 Å². The van der Waals surface area contributed by atoms with E-state index in [1.807, 2.05) is 6.08 Å². The molecule has 1 rings (SSSR count). The highest BCUT2D eigenvalue weighted by molar-refractivity contribution is 5.66. The zero-order valence-corrected chi connectivity index (χ0v) is 11.5. The molecule has 1 aromatic carbocycles. The minimum atomic E-state index is -0.240. The molecule has 0 N–H and O–H groups in total. The lowest BCUT2D eigenvalue weighted by Gasteiger charge is -2.08. The molecule has 0 unspecified atom stereocenters. The lowest BCUT2D eigenvalue weighted by molar-refractivity contribution is -0.139. The van der Waals surface area contributed by atoms with Crippen molar-refractivity contribution in [1.29, 1.82) is 0 Å². The van der Waals surface area contributed by atoms with Crippen LogP contribution >= 0.6 is 0 Å². The van der Waals surface area contributed by atoms with Gasteiger partial charge in [0.2, 0.25) is 0 Å². The van der Waals surface area contributed by atoms with Gasteiger partial charge in [-0.05, 0) is 42.5 Å². The number of carbonyl (C=O) groups is 1. The molecule has 0 amide bonds. The fraction of sp³-hybridized carbons (Fsp3) is 0.438. The summed E-state index contributed by atoms with van der Waals surface area (Å²) in [4.78, 5) is 10.7. The van der Waals surface area contributed by atoms with Gasteiger partial charge in [-0.3, -0.25) is 4.79 Å². The van der Waals surface area contributed by atoms with Crippen molar-refractivity contribution >= 4 is 12.0 Å².